The van der Waals surface area contributed by atoms with Gasteiger partial charge in [-0.2, -0.15) is 0 Å². The average molecular weight is 237 g/mol. The van der Waals surface area contributed by atoms with Crippen molar-refractivity contribution in [3.63, 3.8) is 0 Å². The number of hydrogen-bond donors (Lipinski definition) is 1. The maximum Gasteiger partial charge on any atom is -0.00258 e. The first kappa shape index (κ1) is 12.6. The van der Waals surface area contributed by atoms with Crippen LogP contribution >= 0.6 is 0 Å². The lowest BCUT2D eigenvalue weighted by molar-refractivity contribution is 1.01. The average Bonchev–Trinajstić information content (AvgIpc) is 2.42. The van der Waals surface area contributed by atoms with Gasteiger partial charge in [0.25, 0.3) is 0 Å². The van der Waals surface area contributed by atoms with Gasteiger partial charge in [0.05, 0.1) is 0 Å². The van der Waals surface area contributed by atoms with Crippen LogP contribution in [-0.2, 0) is 6.42 Å². The molecule has 0 atom stereocenters. The summed E-state index contributed by atoms with van der Waals surface area (Å²) in [4.78, 5) is 0. The third-order valence-electron chi connectivity index (χ3n) is 2.87. The second kappa shape index (κ2) is 6.77. The van der Waals surface area contributed by atoms with Gasteiger partial charge in [0.1, 0.15) is 0 Å². The summed E-state index contributed by atoms with van der Waals surface area (Å²) in [6, 6.07) is 19.2. The van der Waals surface area contributed by atoms with E-state index in [1.165, 1.54) is 16.7 Å². The van der Waals surface area contributed by atoms with Gasteiger partial charge in [-0.05, 0) is 36.1 Å². The highest BCUT2D eigenvalue weighted by Gasteiger charge is 1.95. The van der Waals surface area contributed by atoms with Gasteiger partial charge in [-0.1, -0.05) is 66.7 Å². The van der Waals surface area contributed by atoms with E-state index in [2.05, 4.69) is 66.7 Å². The summed E-state index contributed by atoms with van der Waals surface area (Å²) in [5.41, 5.74) is 9.38. The number of benzene rings is 2. The molecule has 0 heterocycles. The molecule has 0 saturated heterocycles. The molecule has 0 amide bonds. The molecule has 0 spiro atoms. The molecule has 2 N–H and O–H groups in total. The Morgan fingerprint density at radius 2 is 1.50 bits per heavy atom. The lowest BCUT2D eigenvalue weighted by atomic mass is 10.0. The first-order chi connectivity index (χ1) is 8.88. The van der Waals surface area contributed by atoms with E-state index in [0.29, 0.717) is 6.54 Å². The molecule has 1 nitrogen and oxygen atoms in total. The predicted molar refractivity (Wildman–Crippen MR) is 78.4 cm³/mol. The van der Waals surface area contributed by atoms with Crippen LogP contribution in [0.3, 0.4) is 0 Å². The molecule has 92 valence electrons. The number of nitrogens with two attached hydrogens (primary N) is 1. The van der Waals surface area contributed by atoms with Crippen molar-refractivity contribution in [3.05, 3.63) is 77.4 Å². The normalized spacial score (nSPS) is 10.9. The Morgan fingerprint density at radius 3 is 2.17 bits per heavy atom. The first-order valence-electron chi connectivity index (χ1n) is 6.38. The fourth-order valence-electron chi connectivity index (χ4n) is 1.89. The SMILES string of the molecule is NCCC=Cc1ccc(Cc2ccccc2)cc1. The fourth-order valence-corrected chi connectivity index (χ4v) is 1.89. The Bertz CT molecular complexity index is 483. The van der Waals surface area contributed by atoms with Gasteiger partial charge in [0.15, 0.2) is 0 Å². The number of hydrogen-bond acceptors (Lipinski definition) is 1. The predicted octanol–water partition coefficient (Wildman–Crippen LogP) is 3.64. The molecular formula is C17H19N. The van der Waals surface area contributed by atoms with Crippen LogP contribution in [-0.4, -0.2) is 6.54 Å². The Morgan fingerprint density at radius 1 is 0.833 bits per heavy atom. The summed E-state index contributed by atoms with van der Waals surface area (Å²) >= 11 is 0. The molecule has 18 heavy (non-hydrogen) atoms. The van der Waals surface area contributed by atoms with Crippen molar-refractivity contribution in [1.82, 2.24) is 0 Å². The molecule has 0 aliphatic heterocycles. The third-order valence-corrected chi connectivity index (χ3v) is 2.87. The first-order valence-corrected chi connectivity index (χ1v) is 6.38. The fraction of sp³-hybridized carbons (Fsp3) is 0.176. The Hall–Kier alpha value is -1.86. The van der Waals surface area contributed by atoms with Crippen LogP contribution in [0.5, 0.6) is 0 Å². The summed E-state index contributed by atoms with van der Waals surface area (Å²) in [6.07, 6.45) is 6.17. The zero-order valence-electron chi connectivity index (χ0n) is 10.5. The number of rotatable bonds is 5. The summed E-state index contributed by atoms with van der Waals surface area (Å²) in [5.74, 6) is 0. The van der Waals surface area contributed by atoms with E-state index < -0.39 is 0 Å². The monoisotopic (exact) mass is 237 g/mol. The zero-order chi connectivity index (χ0) is 12.6. The van der Waals surface area contributed by atoms with Gasteiger partial charge in [0.2, 0.25) is 0 Å². The molecule has 0 radical (unpaired) electrons. The molecular weight excluding hydrogens is 218 g/mol. The molecule has 0 fully saturated rings. The van der Waals surface area contributed by atoms with Crippen molar-refractivity contribution < 1.29 is 0 Å². The highest BCUT2D eigenvalue weighted by Crippen LogP contribution is 2.11. The van der Waals surface area contributed by atoms with E-state index in [1.54, 1.807) is 0 Å². The molecule has 0 aliphatic rings. The van der Waals surface area contributed by atoms with Gasteiger partial charge in [-0.25, -0.2) is 0 Å². The van der Waals surface area contributed by atoms with Crippen LogP contribution in [0.2, 0.25) is 0 Å². The highest BCUT2D eigenvalue weighted by atomic mass is 14.5. The third kappa shape index (κ3) is 3.86. The zero-order valence-corrected chi connectivity index (χ0v) is 10.5. The van der Waals surface area contributed by atoms with Crippen molar-refractivity contribution in [2.45, 2.75) is 12.8 Å². The van der Waals surface area contributed by atoms with Crippen LogP contribution in [0.1, 0.15) is 23.1 Å². The Kier molecular flexibility index (Phi) is 4.74. The van der Waals surface area contributed by atoms with Crippen molar-refractivity contribution in [2.75, 3.05) is 6.54 Å². The molecule has 0 aliphatic carbocycles. The smallest absolute Gasteiger partial charge is 0.00258 e. The summed E-state index contributed by atoms with van der Waals surface area (Å²) < 4.78 is 0. The topological polar surface area (TPSA) is 26.0 Å². The Balaban J connectivity index is 2.00. The van der Waals surface area contributed by atoms with Crippen molar-refractivity contribution in [1.29, 1.82) is 0 Å². The van der Waals surface area contributed by atoms with Crippen LogP contribution in [0.4, 0.5) is 0 Å². The van der Waals surface area contributed by atoms with E-state index in [9.17, 15) is 0 Å². The van der Waals surface area contributed by atoms with Crippen LogP contribution < -0.4 is 5.73 Å². The maximum atomic E-state index is 5.45. The van der Waals surface area contributed by atoms with Gasteiger partial charge < -0.3 is 5.73 Å². The van der Waals surface area contributed by atoms with Gasteiger partial charge in [-0.3, -0.25) is 0 Å². The minimum atomic E-state index is 0.711. The van der Waals surface area contributed by atoms with E-state index in [-0.39, 0.29) is 0 Å². The molecule has 2 aromatic carbocycles. The quantitative estimate of drug-likeness (QED) is 0.844. The van der Waals surface area contributed by atoms with E-state index in [4.69, 9.17) is 5.73 Å². The minimum Gasteiger partial charge on any atom is -0.330 e. The van der Waals surface area contributed by atoms with Crippen molar-refractivity contribution in [3.8, 4) is 0 Å². The molecule has 0 aromatic heterocycles. The summed E-state index contributed by atoms with van der Waals surface area (Å²) in [7, 11) is 0. The molecule has 2 aromatic rings. The lowest BCUT2D eigenvalue weighted by Gasteiger charge is -2.02. The van der Waals surface area contributed by atoms with Gasteiger partial charge in [0, 0.05) is 0 Å². The summed E-state index contributed by atoms with van der Waals surface area (Å²) in [6.45, 7) is 0.711. The second-order valence-corrected chi connectivity index (χ2v) is 4.38. The lowest BCUT2D eigenvalue weighted by Crippen LogP contribution is -1.94. The molecule has 0 saturated carbocycles. The Labute approximate surface area is 109 Å². The molecule has 2 rings (SSSR count). The van der Waals surface area contributed by atoms with Gasteiger partial charge >= 0.3 is 0 Å². The summed E-state index contributed by atoms with van der Waals surface area (Å²) in [5, 5.41) is 0. The highest BCUT2D eigenvalue weighted by molar-refractivity contribution is 5.49. The standard InChI is InChI=1S/C17H19N/c18-13-5-4-6-15-9-11-17(12-10-15)14-16-7-2-1-3-8-16/h1-4,6-12H,5,13-14,18H2. The van der Waals surface area contributed by atoms with E-state index in [0.717, 1.165) is 12.8 Å². The second-order valence-electron chi connectivity index (χ2n) is 4.38. The van der Waals surface area contributed by atoms with Gasteiger partial charge in [-0.15, -0.1) is 0 Å². The van der Waals surface area contributed by atoms with Crippen molar-refractivity contribution in [2.24, 2.45) is 5.73 Å². The van der Waals surface area contributed by atoms with Crippen molar-refractivity contribution >= 4 is 6.08 Å². The molecule has 1 heteroatoms. The molecule has 0 unspecified atom stereocenters. The van der Waals surface area contributed by atoms with Crippen LogP contribution in [0.25, 0.3) is 6.08 Å². The van der Waals surface area contributed by atoms with E-state index in [1.807, 2.05) is 0 Å². The minimum absolute atomic E-state index is 0.711. The molecule has 0 bridgehead atoms. The maximum absolute atomic E-state index is 5.45. The van der Waals surface area contributed by atoms with E-state index >= 15 is 0 Å². The van der Waals surface area contributed by atoms with Crippen LogP contribution in [0.15, 0.2) is 60.7 Å². The largest absolute Gasteiger partial charge is 0.330 e. The van der Waals surface area contributed by atoms with Crippen LogP contribution in [0, 0.1) is 0 Å².